The summed E-state index contributed by atoms with van der Waals surface area (Å²) < 4.78 is 1.02. The standard InChI is InChI=1S/C27H22Cl2N6O2/c1-14-9-21(30)22(10-15(14)2)35(31)25-24(16-7-8-19(28)20(29)11-16)33-27(37)34(26(25)36)23-13-32-12-17-5-3-4-6-18(17)23/h3-13H,30-31H2,1-2H3,(H,33,37). The van der Waals surface area contributed by atoms with E-state index < -0.39 is 11.2 Å². The topological polar surface area (TPSA) is 123 Å². The van der Waals surface area contributed by atoms with Crippen LogP contribution >= 0.6 is 23.2 Å². The van der Waals surface area contributed by atoms with Crippen molar-refractivity contribution in [2.75, 3.05) is 10.7 Å². The van der Waals surface area contributed by atoms with E-state index in [4.69, 9.17) is 34.8 Å². The normalized spacial score (nSPS) is 11.2. The van der Waals surface area contributed by atoms with Gasteiger partial charge in [0.15, 0.2) is 0 Å². The average molecular weight is 533 g/mol. The molecule has 0 aliphatic heterocycles. The van der Waals surface area contributed by atoms with Crippen molar-refractivity contribution < 1.29 is 0 Å². The summed E-state index contributed by atoms with van der Waals surface area (Å²) in [6, 6.07) is 15.7. The second-order valence-electron chi connectivity index (χ2n) is 8.67. The first-order valence-corrected chi connectivity index (χ1v) is 12.0. The molecule has 0 fully saturated rings. The molecule has 2 heterocycles. The van der Waals surface area contributed by atoms with Gasteiger partial charge in [-0.15, -0.1) is 0 Å². The molecule has 0 unspecified atom stereocenters. The summed E-state index contributed by atoms with van der Waals surface area (Å²) in [6.07, 6.45) is 3.13. The number of pyridine rings is 1. The van der Waals surface area contributed by atoms with Crippen molar-refractivity contribution in [3.05, 3.63) is 109 Å². The highest BCUT2D eigenvalue weighted by molar-refractivity contribution is 6.42. The molecule has 0 saturated carbocycles. The number of nitrogens with zero attached hydrogens (tertiary/aromatic N) is 3. The lowest BCUT2D eigenvalue weighted by Gasteiger charge is -2.24. The molecule has 2 aromatic heterocycles. The molecule has 0 amide bonds. The van der Waals surface area contributed by atoms with Gasteiger partial charge in [-0.1, -0.05) is 53.5 Å². The summed E-state index contributed by atoms with van der Waals surface area (Å²) >= 11 is 12.4. The summed E-state index contributed by atoms with van der Waals surface area (Å²) in [5.41, 5.74) is 8.56. The number of hydrogen-bond donors (Lipinski definition) is 3. The van der Waals surface area contributed by atoms with Crippen LogP contribution in [0.15, 0.2) is 76.6 Å². The zero-order chi connectivity index (χ0) is 26.4. The van der Waals surface area contributed by atoms with Crippen molar-refractivity contribution in [3.8, 4) is 16.9 Å². The summed E-state index contributed by atoms with van der Waals surface area (Å²) in [4.78, 5) is 34.7. The van der Waals surface area contributed by atoms with E-state index in [-0.39, 0.29) is 16.4 Å². The molecule has 0 spiro atoms. The summed E-state index contributed by atoms with van der Waals surface area (Å²) in [5.74, 6) is 6.60. The molecule has 0 aliphatic carbocycles. The quantitative estimate of drug-likeness (QED) is 0.165. The number of anilines is 3. The molecule has 0 bridgehead atoms. The van der Waals surface area contributed by atoms with Crippen LogP contribution in [0.25, 0.3) is 27.7 Å². The Bertz CT molecular complexity index is 1810. The Hall–Kier alpha value is -4.11. The van der Waals surface area contributed by atoms with Crippen LogP contribution in [0.5, 0.6) is 0 Å². The molecule has 0 saturated heterocycles. The van der Waals surface area contributed by atoms with Crippen molar-refractivity contribution >= 4 is 51.0 Å². The Morgan fingerprint density at radius 1 is 0.946 bits per heavy atom. The number of nitrogen functional groups attached to an aromatic ring is 1. The number of halogens is 2. The predicted molar refractivity (Wildman–Crippen MR) is 150 cm³/mol. The molecule has 3 aromatic carbocycles. The van der Waals surface area contributed by atoms with Crippen molar-refractivity contribution in [1.82, 2.24) is 14.5 Å². The smallest absolute Gasteiger partial charge is 0.333 e. The lowest BCUT2D eigenvalue weighted by atomic mass is 10.1. The van der Waals surface area contributed by atoms with Gasteiger partial charge in [-0.05, 0) is 49.2 Å². The van der Waals surface area contributed by atoms with Crippen molar-refractivity contribution in [1.29, 1.82) is 0 Å². The Morgan fingerprint density at radius 3 is 2.43 bits per heavy atom. The van der Waals surface area contributed by atoms with Crippen LogP contribution in [0, 0.1) is 13.8 Å². The Balaban J connectivity index is 1.86. The summed E-state index contributed by atoms with van der Waals surface area (Å²) in [6.45, 7) is 3.84. The monoisotopic (exact) mass is 532 g/mol. The number of aromatic nitrogens is 3. The zero-order valence-corrected chi connectivity index (χ0v) is 21.4. The zero-order valence-electron chi connectivity index (χ0n) is 19.9. The highest BCUT2D eigenvalue weighted by atomic mass is 35.5. The van der Waals surface area contributed by atoms with E-state index in [2.05, 4.69) is 9.97 Å². The van der Waals surface area contributed by atoms with E-state index >= 15 is 0 Å². The number of benzene rings is 3. The molecular formula is C27H22Cl2N6O2. The lowest BCUT2D eigenvalue weighted by Crippen LogP contribution is -2.41. The van der Waals surface area contributed by atoms with E-state index in [1.165, 1.54) is 11.2 Å². The van der Waals surface area contributed by atoms with Crippen molar-refractivity contribution in [3.63, 3.8) is 0 Å². The van der Waals surface area contributed by atoms with Crippen molar-refractivity contribution in [2.45, 2.75) is 13.8 Å². The molecule has 8 nitrogen and oxygen atoms in total. The largest absolute Gasteiger partial charge is 0.397 e. The molecule has 0 atom stereocenters. The number of hydrogen-bond acceptors (Lipinski definition) is 6. The molecular weight excluding hydrogens is 511 g/mol. The van der Waals surface area contributed by atoms with Crippen LogP contribution in [0.2, 0.25) is 10.0 Å². The Morgan fingerprint density at radius 2 is 1.68 bits per heavy atom. The number of H-pyrrole nitrogens is 1. The molecule has 37 heavy (non-hydrogen) atoms. The Labute approximate surface area is 221 Å². The minimum Gasteiger partial charge on any atom is -0.397 e. The number of nitrogens with two attached hydrogens (primary N) is 2. The van der Waals surface area contributed by atoms with Gasteiger partial charge in [0.05, 0.1) is 39.0 Å². The molecule has 5 rings (SSSR count). The second-order valence-corrected chi connectivity index (χ2v) is 9.48. The van der Waals surface area contributed by atoms with E-state index in [1.54, 1.807) is 36.5 Å². The maximum Gasteiger partial charge on any atom is 0.333 e. The first-order valence-electron chi connectivity index (χ1n) is 11.3. The fourth-order valence-electron chi connectivity index (χ4n) is 4.26. The highest BCUT2D eigenvalue weighted by Crippen LogP contribution is 2.35. The van der Waals surface area contributed by atoms with Gasteiger partial charge in [0.25, 0.3) is 5.56 Å². The fourth-order valence-corrected chi connectivity index (χ4v) is 4.56. The van der Waals surface area contributed by atoms with Gasteiger partial charge in [0.1, 0.15) is 5.69 Å². The average Bonchev–Trinajstić information content (AvgIpc) is 2.87. The van der Waals surface area contributed by atoms with Crippen LogP contribution in [-0.4, -0.2) is 14.5 Å². The molecule has 0 aliphatic rings. The van der Waals surface area contributed by atoms with Gasteiger partial charge in [0.2, 0.25) is 0 Å². The van der Waals surface area contributed by atoms with Gasteiger partial charge >= 0.3 is 5.69 Å². The number of aryl methyl sites for hydroxylation is 2. The number of hydrazine groups is 1. The van der Waals surface area contributed by atoms with Crippen LogP contribution in [0.4, 0.5) is 17.1 Å². The minimum absolute atomic E-state index is 0.0131. The predicted octanol–water partition coefficient (Wildman–Crippen LogP) is 5.26. The second kappa shape index (κ2) is 9.40. The van der Waals surface area contributed by atoms with Gasteiger partial charge in [-0.3, -0.25) is 14.8 Å². The minimum atomic E-state index is -0.672. The molecule has 186 valence electrons. The fraction of sp³-hybridized carbons (Fsp3) is 0.0741. The Kier molecular flexibility index (Phi) is 6.25. The number of rotatable bonds is 4. The molecule has 10 heteroatoms. The first kappa shape index (κ1) is 24.6. The summed E-state index contributed by atoms with van der Waals surface area (Å²) in [7, 11) is 0. The molecule has 5 N–H and O–H groups in total. The van der Waals surface area contributed by atoms with Crippen LogP contribution in [0.3, 0.4) is 0 Å². The number of fused-ring (bicyclic) bond motifs is 1. The van der Waals surface area contributed by atoms with Gasteiger partial charge < -0.3 is 10.7 Å². The van der Waals surface area contributed by atoms with Crippen LogP contribution < -0.4 is 27.8 Å². The third-order valence-electron chi connectivity index (χ3n) is 6.32. The van der Waals surface area contributed by atoms with E-state index in [0.29, 0.717) is 33.0 Å². The molecule has 5 aromatic rings. The van der Waals surface area contributed by atoms with Gasteiger partial charge in [-0.25, -0.2) is 15.2 Å². The van der Waals surface area contributed by atoms with Crippen molar-refractivity contribution in [2.24, 2.45) is 5.84 Å². The SMILES string of the molecule is Cc1cc(N)c(N(N)c2c(-c3ccc(Cl)c(Cl)c3)[nH]c(=O)n(-c3cncc4ccccc34)c2=O)cc1C. The first-order chi connectivity index (χ1) is 17.7. The number of aromatic amines is 1. The van der Waals surface area contributed by atoms with Gasteiger partial charge in [-0.2, -0.15) is 0 Å². The lowest BCUT2D eigenvalue weighted by molar-refractivity contribution is 0.866. The van der Waals surface area contributed by atoms with E-state index in [1.807, 2.05) is 38.1 Å². The highest BCUT2D eigenvalue weighted by Gasteiger charge is 2.24. The third-order valence-corrected chi connectivity index (χ3v) is 7.06. The maximum atomic E-state index is 14.2. The van der Waals surface area contributed by atoms with E-state index in [9.17, 15) is 9.59 Å². The van der Waals surface area contributed by atoms with Gasteiger partial charge in [0, 0.05) is 22.5 Å². The maximum absolute atomic E-state index is 14.2. The van der Waals surface area contributed by atoms with Crippen LogP contribution in [0.1, 0.15) is 11.1 Å². The third kappa shape index (κ3) is 4.25. The number of nitrogens with one attached hydrogen (secondary N) is 1. The van der Waals surface area contributed by atoms with Crippen LogP contribution in [-0.2, 0) is 0 Å². The summed E-state index contributed by atoms with van der Waals surface area (Å²) in [5, 5.41) is 3.21. The van der Waals surface area contributed by atoms with E-state index in [0.717, 1.165) is 21.1 Å². The molecule has 0 radical (unpaired) electrons.